The second-order valence-electron chi connectivity index (χ2n) is 24.6. The molecular weight excluding hydrogens is 1120 g/mol. The van der Waals surface area contributed by atoms with Crippen LogP contribution in [0.2, 0.25) is 0 Å². The lowest BCUT2D eigenvalue weighted by molar-refractivity contribution is -0.379. The number of carbonyl (C=O) groups excluding carboxylic acids is 1. The lowest BCUT2D eigenvalue weighted by Gasteiger charge is -2.48. The van der Waals surface area contributed by atoms with Crippen LogP contribution in [0.15, 0.2) is 48.6 Å². The van der Waals surface area contributed by atoms with Crippen molar-refractivity contribution in [3.05, 3.63) is 48.6 Å². The molecule has 17 atom stereocenters. The Labute approximate surface area is 523 Å². The highest BCUT2D eigenvalue weighted by molar-refractivity contribution is 5.76. The average Bonchev–Trinajstić information content (AvgIpc) is 2.79. The van der Waals surface area contributed by atoms with Crippen LogP contribution in [0.5, 0.6) is 0 Å². The highest BCUT2D eigenvalue weighted by Gasteiger charge is 2.53. The Morgan fingerprint density at radius 2 is 0.770 bits per heavy atom. The number of aliphatic hydroxyl groups excluding tert-OH is 11. The van der Waals surface area contributed by atoms with Gasteiger partial charge in [0, 0.05) is 6.42 Å². The quantitative estimate of drug-likeness (QED) is 0.0200. The third-order valence-corrected chi connectivity index (χ3v) is 17.2. The van der Waals surface area contributed by atoms with E-state index in [0.29, 0.717) is 19.3 Å². The van der Waals surface area contributed by atoms with Crippen molar-refractivity contribution in [2.45, 2.75) is 349 Å². The predicted molar refractivity (Wildman–Crippen MR) is 337 cm³/mol. The van der Waals surface area contributed by atoms with Crippen molar-refractivity contribution in [1.82, 2.24) is 5.32 Å². The summed E-state index contributed by atoms with van der Waals surface area (Å²) in [4.78, 5) is 13.3. The Balaban J connectivity index is 1.40. The van der Waals surface area contributed by atoms with Gasteiger partial charge < -0.3 is 89.9 Å². The van der Waals surface area contributed by atoms with E-state index in [1.807, 2.05) is 12.2 Å². The highest BCUT2D eigenvalue weighted by atomic mass is 16.8. The van der Waals surface area contributed by atoms with E-state index in [9.17, 15) is 61.0 Å². The molecule has 87 heavy (non-hydrogen) atoms. The zero-order valence-corrected chi connectivity index (χ0v) is 53.5. The number of unbranched alkanes of at least 4 members (excludes halogenated alkanes) is 28. The first-order chi connectivity index (χ1) is 42.3. The second kappa shape index (κ2) is 50.3. The van der Waals surface area contributed by atoms with Crippen molar-refractivity contribution in [2.24, 2.45) is 0 Å². The van der Waals surface area contributed by atoms with E-state index in [1.165, 1.54) is 161 Å². The monoisotopic (exact) mass is 1240 g/mol. The number of nitrogens with one attached hydrogen (secondary N) is 1. The number of carbonyl (C=O) groups is 1. The number of ether oxygens (including phenoxy) is 6. The summed E-state index contributed by atoms with van der Waals surface area (Å²) in [6.45, 7) is 1.63. The van der Waals surface area contributed by atoms with Crippen molar-refractivity contribution in [1.29, 1.82) is 0 Å². The first-order valence-corrected chi connectivity index (χ1v) is 34.4. The molecule has 1 amide bonds. The molecule has 0 aromatic carbocycles. The molecule has 12 N–H and O–H groups in total. The number of aliphatic hydroxyl groups is 11. The van der Waals surface area contributed by atoms with Gasteiger partial charge in [0.25, 0.3) is 0 Å². The van der Waals surface area contributed by atoms with Crippen LogP contribution >= 0.6 is 0 Å². The maximum absolute atomic E-state index is 13.3. The molecule has 0 spiro atoms. The first kappa shape index (κ1) is 79.0. The van der Waals surface area contributed by atoms with E-state index >= 15 is 0 Å². The van der Waals surface area contributed by atoms with Gasteiger partial charge in [-0.3, -0.25) is 4.79 Å². The number of hydrogen-bond acceptors (Lipinski definition) is 18. The number of hydrogen-bond donors (Lipinski definition) is 12. The average molecular weight is 1240 g/mol. The highest BCUT2D eigenvalue weighted by Crippen LogP contribution is 2.33. The largest absolute Gasteiger partial charge is 0.394 e. The lowest BCUT2D eigenvalue weighted by atomic mass is 9.96. The summed E-state index contributed by atoms with van der Waals surface area (Å²) >= 11 is 0. The van der Waals surface area contributed by atoms with Crippen molar-refractivity contribution < 1.29 is 89.4 Å². The Morgan fingerprint density at radius 1 is 0.425 bits per heavy atom. The van der Waals surface area contributed by atoms with Crippen LogP contribution in [0.1, 0.15) is 245 Å². The summed E-state index contributed by atoms with van der Waals surface area (Å²) < 4.78 is 34.3. The third kappa shape index (κ3) is 32.7. The number of rotatable bonds is 52. The molecule has 3 saturated heterocycles. The van der Waals surface area contributed by atoms with Gasteiger partial charge in [0.05, 0.1) is 38.6 Å². The molecule has 19 heteroatoms. The molecule has 3 heterocycles. The molecular formula is C68H123NO18. The molecule has 3 fully saturated rings. The molecule has 508 valence electrons. The molecule has 19 nitrogen and oxygen atoms in total. The normalized spacial score (nSPS) is 28.9. The molecule has 3 rings (SSSR count). The summed E-state index contributed by atoms with van der Waals surface area (Å²) in [6.07, 6.45) is 32.4. The molecule has 0 bridgehead atoms. The van der Waals surface area contributed by atoms with Crippen LogP contribution in [-0.4, -0.2) is 193 Å². The van der Waals surface area contributed by atoms with E-state index in [0.717, 1.165) is 44.9 Å². The third-order valence-electron chi connectivity index (χ3n) is 17.2. The van der Waals surface area contributed by atoms with Crippen LogP contribution in [0.25, 0.3) is 0 Å². The fraction of sp³-hybridized carbons (Fsp3) is 0.868. The summed E-state index contributed by atoms with van der Waals surface area (Å²) in [6, 6.07) is -0.927. The standard InChI is InChI=1S/C68H123NO18/c1-3-5-7-9-11-13-15-17-18-19-20-21-22-23-24-25-26-27-28-29-30-31-32-34-35-37-39-41-43-45-52(73)51(69-56(74)46-44-42-40-38-36-33-16-14-12-10-8-6-4-2)50-82-66-62(80)59(77)64(54(48-71)84-66)87-68-63(81)60(78)65(55(49-72)85-68)86-67-61(79)58(76)57(75)53(47-70)83-67/h6,8,12,14,33,36,40,42,51-55,57-68,70-73,75-81H,3-5,7,9-11,13,15-32,34-35,37-39,41,43-50H2,1-2H3,(H,69,74)/b8-6-,14-12-,36-33-,42-40-. The molecule has 0 aromatic rings. The molecule has 0 radical (unpaired) electrons. The zero-order chi connectivity index (χ0) is 63.3. The van der Waals surface area contributed by atoms with Crippen LogP contribution < -0.4 is 5.32 Å². The molecule has 0 saturated carbocycles. The van der Waals surface area contributed by atoms with Gasteiger partial charge in [-0.2, -0.15) is 0 Å². The minimum atomic E-state index is -1.98. The van der Waals surface area contributed by atoms with Crippen molar-refractivity contribution in [3.8, 4) is 0 Å². The van der Waals surface area contributed by atoms with Gasteiger partial charge in [-0.25, -0.2) is 0 Å². The zero-order valence-electron chi connectivity index (χ0n) is 53.5. The van der Waals surface area contributed by atoms with E-state index < -0.39 is 124 Å². The lowest BCUT2D eigenvalue weighted by Crippen LogP contribution is -2.66. The molecule has 0 aromatic heterocycles. The topological polar surface area (TPSA) is 307 Å². The minimum Gasteiger partial charge on any atom is -0.394 e. The fourth-order valence-corrected chi connectivity index (χ4v) is 11.6. The van der Waals surface area contributed by atoms with E-state index in [-0.39, 0.29) is 18.9 Å². The smallest absolute Gasteiger partial charge is 0.220 e. The van der Waals surface area contributed by atoms with Gasteiger partial charge in [-0.1, -0.05) is 249 Å². The number of amides is 1. The maximum atomic E-state index is 13.3. The molecule has 3 aliphatic heterocycles. The van der Waals surface area contributed by atoms with Gasteiger partial charge in [-0.15, -0.1) is 0 Å². The Bertz CT molecular complexity index is 1770. The van der Waals surface area contributed by atoms with Gasteiger partial charge >= 0.3 is 0 Å². The summed E-state index contributed by atoms with van der Waals surface area (Å²) in [7, 11) is 0. The SMILES string of the molecule is CC/C=C\C/C=C\C/C=C\C/C=C\CCC(=O)NC(COC1OC(CO)C(OC2OC(CO)C(OC3OC(CO)C(O)C(O)C3O)C(O)C2O)C(O)C1O)C(O)CCCCCCCCCCCCCCCCCCCCCCCCCCCCCCC. The Morgan fingerprint density at radius 3 is 1.17 bits per heavy atom. The van der Waals surface area contributed by atoms with E-state index in [1.54, 1.807) is 0 Å². The first-order valence-electron chi connectivity index (χ1n) is 34.4. The molecule has 3 aliphatic rings. The van der Waals surface area contributed by atoms with Crippen molar-refractivity contribution in [2.75, 3.05) is 26.4 Å². The van der Waals surface area contributed by atoms with Gasteiger partial charge in [0.2, 0.25) is 5.91 Å². The molecule has 17 unspecified atom stereocenters. The predicted octanol–water partition coefficient (Wildman–Crippen LogP) is 8.61. The summed E-state index contributed by atoms with van der Waals surface area (Å²) in [5, 5.41) is 120. The van der Waals surface area contributed by atoms with Crippen molar-refractivity contribution >= 4 is 5.91 Å². The number of allylic oxidation sites excluding steroid dienone is 8. The second-order valence-corrected chi connectivity index (χ2v) is 24.6. The summed E-state index contributed by atoms with van der Waals surface area (Å²) in [5.74, 6) is -0.322. The van der Waals surface area contributed by atoms with Gasteiger partial charge in [0.1, 0.15) is 73.2 Å². The maximum Gasteiger partial charge on any atom is 0.220 e. The van der Waals surface area contributed by atoms with Crippen LogP contribution in [0.4, 0.5) is 0 Å². The Hall–Kier alpha value is -2.25. The molecule has 0 aliphatic carbocycles. The fourth-order valence-electron chi connectivity index (χ4n) is 11.6. The van der Waals surface area contributed by atoms with E-state index in [2.05, 4.69) is 55.6 Å². The van der Waals surface area contributed by atoms with E-state index in [4.69, 9.17) is 28.4 Å². The van der Waals surface area contributed by atoms with Crippen LogP contribution in [0, 0.1) is 0 Å². The van der Waals surface area contributed by atoms with Crippen LogP contribution in [0.3, 0.4) is 0 Å². The minimum absolute atomic E-state index is 0.144. The summed E-state index contributed by atoms with van der Waals surface area (Å²) in [5.41, 5.74) is 0. The van der Waals surface area contributed by atoms with Crippen LogP contribution in [-0.2, 0) is 33.2 Å². The van der Waals surface area contributed by atoms with Gasteiger partial charge in [-0.05, 0) is 38.5 Å². The van der Waals surface area contributed by atoms with Crippen molar-refractivity contribution in [3.63, 3.8) is 0 Å². The Kier molecular flexibility index (Phi) is 45.7. The van der Waals surface area contributed by atoms with Gasteiger partial charge in [0.15, 0.2) is 18.9 Å².